The van der Waals surface area contributed by atoms with Crippen LogP contribution in [0.5, 0.6) is 0 Å². The van der Waals surface area contributed by atoms with Crippen LogP contribution in [0.1, 0.15) is 19.3 Å². The molecule has 106 valence electrons. The average Bonchev–Trinajstić information content (AvgIpc) is 2.49. The van der Waals surface area contributed by atoms with Gasteiger partial charge in [-0.25, -0.2) is 0 Å². The highest BCUT2D eigenvalue weighted by atomic mass is 15.1. The van der Waals surface area contributed by atoms with Gasteiger partial charge in [0.2, 0.25) is 0 Å². The lowest BCUT2D eigenvalue weighted by Crippen LogP contribution is -2.30. The summed E-state index contributed by atoms with van der Waals surface area (Å²) in [6.07, 6.45) is 5.84. The van der Waals surface area contributed by atoms with Crippen LogP contribution in [0, 0.1) is 5.92 Å². The van der Waals surface area contributed by atoms with Crippen LogP contribution in [0.4, 0.5) is 5.69 Å². The van der Waals surface area contributed by atoms with Gasteiger partial charge in [-0.2, -0.15) is 0 Å². The molecule has 1 aliphatic heterocycles. The fourth-order valence-electron chi connectivity index (χ4n) is 3.01. The number of piperidine rings is 1. The maximum atomic E-state index is 4.40. The third-order valence-corrected chi connectivity index (χ3v) is 4.36. The van der Waals surface area contributed by atoms with Crippen molar-refractivity contribution in [3.63, 3.8) is 0 Å². The lowest BCUT2D eigenvalue weighted by Gasteiger charge is -2.29. The Morgan fingerprint density at radius 1 is 1.20 bits per heavy atom. The number of likely N-dealkylation sites (tertiary alicyclic amines) is 1. The number of anilines is 1. The van der Waals surface area contributed by atoms with Gasteiger partial charge in [-0.1, -0.05) is 18.2 Å². The Morgan fingerprint density at radius 3 is 2.85 bits per heavy atom. The van der Waals surface area contributed by atoms with E-state index in [0.717, 1.165) is 18.0 Å². The van der Waals surface area contributed by atoms with Crippen LogP contribution in [0.3, 0.4) is 0 Å². The van der Waals surface area contributed by atoms with E-state index < -0.39 is 0 Å². The molecule has 1 aromatic heterocycles. The number of nitrogens with zero attached hydrogens (tertiary/aromatic N) is 2. The van der Waals surface area contributed by atoms with E-state index in [0.29, 0.717) is 0 Å². The molecule has 0 amide bonds. The Balaban J connectivity index is 1.57. The van der Waals surface area contributed by atoms with E-state index >= 15 is 0 Å². The first kappa shape index (κ1) is 13.4. The van der Waals surface area contributed by atoms with E-state index in [9.17, 15) is 0 Å². The van der Waals surface area contributed by atoms with Crippen molar-refractivity contribution < 1.29 is 0 Å². The summed E-state index contributed by atoms with van der Waals surface area (Å²) in [6, 6.07) is 10.4. The van der Waals surface area contributed by atoms with E-state index in [-0.39, 0.29) is 0 Å². The summed E-state index contributed by atoms with van der Waals surface area (Å²) in [4.78, 5) is 6.83. The lowest BCUT2D eigenvalue weighted by atomic mass is 9.94. The molecule has 2 heterocycles. The molecule has 2 aromatic rings. The first-order valence-electron chi connectivity index (χ1n) is 7.59. The standard InChI is InChI=1S/C17H23N3/c1-20-12-8-14(9-13-20)6-10-18-17-7-11-19-16-5-3-2-4-15(16)17/h2-5,7,11,14H,6,8-10,12-13H2,1H3,(H,18,19). The third-order valence-electron chi connectivity index (χ3n) is 4.36. The Hall–Kier alpha value is -1.61. The van der Waals surface area contributed by atoms with E-state index in [1.807, 2.05) is 12.3 Å². The van der Waals surface area contributed by atoms with Crippen molar-refractivity contribution in [2.45, 2.75) is 19.3 Å². The highest BCUT2D eigenvalue weighted by molar-refractivity contribution is 5.90. The number of aromatic nitrogens is 1. The number of pyridine rings is 1. The number of fused-ring (bicyclic) bond motifs is 1. The van der Waals surface area contributed by atoms with Crippen molar-refractivity contribution in [2.75, 3.05) is 32.0 Å². The fourth-order valence-corrected chi connectivity index (χ4v) is 3.01. The molecule has 1 fully saturated rings. The van der Waals surface area contributed by atoms with E-state index in [2.05, 4.69) is 46.5 Å². The monoisotopic (exact) mass is 269 g/mol. The zero-order valence-electron chi connectivity index (χ0n) is 12.2. The quantitative estimate of drug-likeness (QED) is 0.922. The second kappa shape index (κ2) is 6.23. The lowest BCUT2D eigenvalue weighted by molar-refractivity contribution is 0.215. The topological polar surface area (TPSA) is 28.2 Å². The predicted octanol–water partition coefficient (Wildman–Crippen LogP) is 3.38. The van der Waals surface area contributed by atoms with Gasteiger partial charge < -0.3 is 10.2 Å². The van der Waals surface area contributed by atoms with Crippen LogP contribution in [-0.4, -0.2) is 36.6 Å². The second-order valence-corrected chi connectivity index (χ2v) is 5.84. The molecule has 0 saturated carbocycles. The van der Waals surface area contributed by atoms with Crippen LogP contribution < -0.4 is 5.32 Å². The molecule has 0 unspecified atom stereocenters. The minimum absolute atomic E-state index is 0.881. The summed E-state index contributed by atoms with van der Waals surface area (Å²) in [5.41, 5.74) is 2.28. The molecule has 1 N–H and O–H groups in total. The smallest absolute Gasteiger partial charge is 0.0722 e. The molecule has 3 nitrogen and oxygen atoms in total. The molecule has 3 rings (SSSR count). The molecule has 20 heavy (non-hydrogen) atoms. The summed E-state index contributed by atoms with van der Waals surface area (Å²) >= 11 is 0. The Morgan fingerprint density at radius 2 is 2.00 bits per heavy atom. The van der Waals surface area contributed by atoms with E-state index in [1.54, 1.807) is 0 Å². The molecular weight excluding hydrogens is 246 g/mol. The zero-order valence-corrected chi connectivity index (χ0v) is 12.2. The van der Waals surface area contributed by atoms with E-state index in [1.165, 1.54) is 43.4 Å². The minimum atomic E-state index is 0.881. The van der Waals surface area contributed by atoms with Gasteiger partial charge in [-0.15, -0.1) is 0 Å². The third kappa shape index (κ3) is 3.10. The van der Waals surface area contributed by atoms with Gasteiger partial charge in [0.15, 0.2) is 0 Å². The van der Waals surface area contributed by atoms with Gasteiger partial charge in [0.05, 0.1) is 5.52 Å². The zero-order chi connectivity index (χ0) is 13.8. The Kier molecular flexibility index (Phi) is 4.16. The van der Waals surface area contributed by atoms with Gasteiger partial charge in [-0.3, -0.25) is 4.98 Å². The summed E-state index contributed by atoms with van der Waals surface area (Å²) in [7, 11) is 2.22. The first-order chi connectivity index (χ1) is 9.83. The van der Waals surface area contributed by atoms with Crippen LogP contribution in [0.15, 0.2) is 36.5 Å². The fraction of sp³-hybridized carbons (Fsp3) is 0.471. The Labute approximate surface area is 121 Å². The molecule has 3 heteroatoms. The maximum Gasteiger partial charge on any atom is 0.0722 e. The predicted molar refractivity (Wildman–Crippen MR) is 85.1 cm³/mol. The Bertz CT molecular complexity index is 554. The number of hydrogen-bond acceptors (Lipinski definition) is 3. The molecule has 1 aliphatic rings. The number of para-hydroxylation sites is 1. The van der Waals surface area contributed by atoms with Gasteiger partial charge in [-0.05, 0) is 57.5 Å². The van der Waals surface area contributed by atoms with Crippen LogP contribution in [0.25, 0.3) is 10.9 Å². The van der Waals surface area contributed by atoms with Crippen molar-refractivity contribution in [3.8, 4) is 0 Å². The summed E-state index contributed by atoms with van der Waals surface area (Å²) in [5, 5.41) is 4.81. The largest absolute Gasteiger partial charge is 0.384 e. The summed E-state index contributed by atoms with van der Waals surface area (Å²) < 4.78 is 0. The second-order valence-electron chi connectivity index (χ2n) is 5.84. The van der Waals surface area contributed by atoms with E-state index in [4.69, 9.17) is 0 Å². The molecular formula is C17H23N3. The molecule has 0 atom stereocenters. The molecule has 1 aromatic carbocycles. The van der Waals surface area contributed by atoms with Crippen LogP contribution in [0.2, 0.25) is 0 Å². The highest BCUT2D eigenvalue weighted by Gasteiger charge is 2.15. The van der Waals surface area contributed by atoms with Crippen molar-refractivity contribution in [2.24, 2.45) is 5.92 Å². The molecule has 1 saturated heterocycles. The van der Waals surface area contributed by atoms with Crippen molar-refractivity contribution in [1.29, 1.82) is 0 Å². The van der Waals surface area contributed by atoms with Gasteiger partial charge in [0.1, 0.15) is 0 Å². The molecule has 0 spiro atoms. The van der Waals surface area contributed by atoms with Crippen LogP contribution in [-0.2, 0) is 0 Å². The molecule has 0 aliphatic carbocycles. The summed E-state index contributed by atoms with van der Waals surface area (Å²) in [6.45, 7) is 3.56. The average molecular weight is 269 g/mol. The van der Waals surface area contributed by atoms with Gasteiger partial charge in [0, 0.05) is 23.8 Å². The maximum absolute atomic E-state index is 4.40. The normalized spacial score (nSPS) is 17.4. The van der Waals surface area contributed by atoms with Crippen LogP contribution >= 0.6 is 0 Å². The minimum Gasteiger partial charge on any atom is -0.384 e. The van der Waals surface area contributed by atoms with Crippen molar-refractivity contribution >= 4 is 16.6 Å². The summed E-state index contributed by atoms with van der Waals surface area (Å²) in [5.74, 6) is 0.881. The van der Waals surface area contributed by atoms with Gasteiger partial charge >= 0.3 is 0 Å². The number of nitrogens with one attached hydrogen (secondary N) is 1. The number of benzene rings is 1. The van der Waals surface area contributed by atoms with Gasteiger partial charge in [0.25, 0.3) is 0 Å². The molecule has 0 bridgehead atoms. The number of hydrogen-bond donors (Lipinski definition) is 1. The first-order valence-corrected chi connectivity index (χ1v) is 7.59. The molecule has 0 radical (unpaired) electrons. The van der Waals surface area contributed by atoms with Crippen molar-refractivity contribution in [1.82, 2.24) is 9.88 Å². The SMILES string of the molecule is CN1CCC(CCNc2ccnc3ccccc23)CC1. The van der Waals surface area contributed by atoms with Crippen molar-refractivity contribution in [3.05, 3.63) is 36.5 Å². The number of rotatable bonds is 4. The highest BCUT2D eigenvalue weighted by Crippen LogP contribution is 2.23.